The van der Waals surface area contributed by atoms with Gasteiger partial charge in [-0.3, -0.25) is 4.79 Å². The molecule has 0 unspecified atom stereocenters. The van der Waals surface area contributed by atoms with Crippen LogP contribution in [0.5, 0.6) is 0 Å². The Kier molecular flexibility index (Phi) is 6.07. The summed E-state index contributed by atoms with van der Waals surface area (Å²) in [4.78, 5) is 11.8. The number of carbonyl (C=O) groups excluding carboxylic acids is 1. The van der Waals surface area contributed by atoms with Gasteiger partial charge in [-0.05, 0) is 42.5 Å². The lowest BCUT2D eigenvalue weighted by molar-refractivity contribution is -0.120. The molecule has 0 fully saturated rings. The number of carbonyl (C=O) groups is 1. The van der Waals surface area contributed by atoms with Gasteiger partial charge in [-0.1, -0.05) is 19.9 Å². The maximum absolute atomic E-state index is 13.0. The fourth-order valence-corrected chi connectivity index (χ4v) is 1.90. The van der Waals surface area contributed by atoms with E-state index in [-0.39, 0.29) is 17.7 Å². The summed E-state index contributed by atoms with van der Waals surface area (Å²) < 4.78 is 25.8. The molecule has 20 heavy (non-hydrogen) atoms. The van der Waals surface area contributed by atoms with Crippen molar-refractivity contribution in [3.63, 3.8) is 0 Å². The van der Waals surface area contributed by atoms with Gasteiger partial charge in [-0.15, -0.1) is 0 Å². The summed E-state index contributed by atoms with van der Waals surface area (Å²) in [5.74, 6) is -2.03. The van der Waals surface area contributed by atoms with Gasteiger partial charge in [0.15, 0.2) is 11.6 Å². The molecule has 1 amide bonds. The zero-order valence-electron chi connectivity index (χ0n) is 12.0. The average Bonchev–Trinajstić information content (AvgIpc) is 2.39. The van der Waals surface area contributed by atoms with Gasteiger partial charge in [0.05, 0.1) is 6.42 Å². The molecule has 0 aliphatic rings. The molecule has 112 valence electrons. The van der Waals surface area contributed by atoms with Crippen molar-refractivity contribution in [2.75, 3.05) is 13.1 Å². The Bertz CT molecular complexity index is 461. The number of nitrogens with two attached hydrogens (primary N) is 1. The molecule has 1 aromatic rings. The SMILES string of the molecule is CC(C)(CCCN)CNC(=O)Cc1ccc(F)c(F)c1. The van der Waals surface area contributed by atoms with Crippen molar-refractivity contribution in [1.82, 2.24) is 5.32 Å². The maximum Gasteiger partial charge on any atom is 0.224 e. The number of rotatable bonds is 7. The van der Waals surface area contributed by atoms with E-state index in [1.807, 2.05) is 0 Å². The van der Waals surface area contributed by atoms with Gasteiger partial charge < -0.3 is 11.1 Å². The van der Waals surface area contributed by atoms with Crippen LogP contribution in [0.4, 0.5) is 8.78 Å². The summed E-state index contributed by atoms with van der Waals surface area (Å²) in [7, 11) is 0. The molecule has 3 nitrogen and oxygen atoms in total. The number of hydrogen-bond acceptors (Lipinski definition) is 2. The fraction of sp³-hybridized carbons (Fsp3) is 0.533. The third kappa shape index (κ3) is 5.65. The highest BCUT2D eigenvalue weighted by Crippen LogP contribution is 2.20. The number of nitrogens with one attached hydrogen (secondary N) is 1. The van der Waals surface area contributed by atoms with Gasteiger partial charge in [0.1, 0.15) is 0 Å². The van der Waals surface area contributed by atoms with Crippen LogP contribution in [-0.4, -0.2) is 19.0 Å². The molecule has 0 heterocycles. The minimum absolute atomic E-state index is 0.0247. The van der Waals surface area contributed by atoms with E-state index in [2.05, 4.69) is 19.2 Å². The summed E-state index contributed by atoms with van der Waals surface area (Å²) in [6.45, 7) is 5.28. The van der Waals surface area contributed by atoms with Crippen molar-refractivity contribution in [3.8, 4) is 0 Å². The van der Waals surface area contributed by atoms with E-state index >= 15 is 0 Å². The van der Waals surface area contributed by atoms with Crippen LogP contribution in [-0.2, 0) is 11.2 Å². The van der Waals surface area contributed by atoms with E-state index in [4.69, 9.17) is 5.73 Å². The van der Waals surface area contributed by atoms with Crippen molar-refractivity contribution in [3.05, 3.63) is 35.4 Å². The van der Waals surface area contributed by atoms with Gasteiger partial charge >= 0.3 is 0 Å². The third-order valence-corrected chi connectivity index (χ3v) is 3.17. The maximum atomic E-state index is 13.0. The van der Waals surface area contributed by atoms with Crippen LogP contribution in [0.15, 0.2) is 18.2 Å². The first-order valence-electron chi connectivity index (χ1n) is 6.75. The van der Waals surface area contributed by atoms with Crippen LogP contribution in [0.2, 0.25) is 0 Å². The Morgan fingerprint density at radius 2 is 2.00 bits per heavy atom. The molecular formula is C15H22F2N2O. The van der Waals surface area contributed by atoms with E-state index in [0.29, 0.717) is 18.7 Å². The summed E-state index contributed by atoms with van der Waals surface area (Å²) in [6, 6.07) is 3.50. The summed E-state index contributed by atoms with van der Waals surface area (Å²) in [5, 5.41) is 2.82. The van der Waals surface area contributed by atoms with E-state index < -0.39 is 11.6 Å². The molecule has 1 rings (SSSR count). The van der Waals surface area contributed by atoms with Crippen LogP contribution in [0, 0.1) is 17.0 Å². The number of halogens is 2. The highest BCUT2D eigenvalue weighted by molar-refractivity contribution is 5.78. The van der Waals surface area contributed by atoms with E-state index in [0.717, 1.165) is 25.0 Å². The van der Waals surface area contributed by atoms with Crippen LogP contribution >= 0.6 is 0 Å². The lowest BCUT2D eigenvalue weighted by atomic mass is 9.87. The molecule has 0 spiro atoms. The number of amides is 1. The van der Waals surface area contributed by atoms with Gasteiger partial charge in [0.2, 0.25) is 5.91 Å². The highest BCUT2D eigenvalue weighted by atomic mass is 19.2. The van der Waals surface area contributed by atoms with E-state index in [9.17, 15) is 13.6 Å². The largest absolute Gasteiger partial charge is 0.355 e. The molecule has 3 N–H and O–H groups in total. The quantitative estimate of drug-likeness (QED) is 0.807. The Hall–Kier alpha value is -1.49. The van der Waals surface area contributed by atoms with Gasteiger partial charge in [0.25, 0.3) is 0 Å². The fourth-order valence-electron chi connectivity index (χ4n) is 1.90. The minimum atomic E-state index is -0.932. The zero-order valence-corrected chi connectivity index (χ0v) is 12.0. The van der Waals surface area contributed by atoms with E-state index in [1.54, 1.807) is 0 Å². The normalized spacial score (nSPS) is 11.4. The molecule has 0 atom stereocenters. The van der Waals surface area contributed by atoms with Crippen molar-refractivity contribution >= 4 is 5.91 Å². The predicted molar refractivity (Wildman–Crippen MR) is 75.1 cm³/mol. The van der Waals surface area contributed by atoms with Crippen molar-refractivity contribution in [2.45, 2.75) is 33.1 Å². The van der Waals surface area contributed by atoms with Crippen molar-refractivity contribution < 1.29 is 13.6 Å². The first-order chi connectivity index (χ1) is 9.34. The Morgan fingerprint density at radius 3 is 2.60 bits per heavy atom. The third-order valence-electron chi connectivity index (χ3n) is 3.17. The monoisotopic (exact) mass is 284 g/mol. The first kappa shape index (κ1) is 16.6. The van der Waals surface area contributed by atoms with E-state index in [1.165, 1.54) is 6.07 Å². The van der Waals surface area contributed by atoms with Crippen molar-refractivity contribution in [1.29, 1.82) is 0 Å². The van der Waals surface area contributed by atoms with Crippen LogP contribution in [0.1, 0.15) is 32.3 Å². The topological polar surface area (TPSA) is 55.1 Å². The van der Waals surface area contributed by atoms with Crippen LogP contribution in [0.3, 0.4) is 0 Å². The van der Waals surface area contributed by atoms with Gasteiger partial charge in [-0.2, -0.15) is 0 Å². The summed E-state index contributed by atoms with van der Waals surface area (Å²) in [5.41, 5.74) is 5.90. The van der Waals surface area contributed by atoms with Crippen LogP contribution < -0.4 is 11.1 Å². The molecule has 0 saturated carbocycles. The number of hydrogen-bond donors (Lipinski definition) is 2. The lowest BCUT2D eigenvalue weighted by Crippen LogP contribution is -2.35. The molecule has 0 aliphatic heterocycles. The zero-order chi connectivity index (χ0) is 15.2. The minimum Gasteiger partial charge on any atom is -0.355 e. The molecule has 0 bridgehead atoms. The molecular weight excluding hydrogens is 262 g/mol. The predicted octanol–water partition coefficient (Wildman–Crippen LogP) is 2.39. The smallest absolute Gasteiger partial charge is 0.224 e. The molecule has 0 radical (unpaired) electrons. The average molecular weight is 284 g/mol. The molecule has 0 aliphatic carbocycles. The second-order valence-corrected chi connectivity index (χ2v) is 5.76. The molecule has 0 aromatic heterocycles. The summed E-state index contributed by atoms with van der Waals surface area (Å²) in [6.07, 6.45) is 1.88. The van der Waals surface area contributed by atoms with Gasteiger partial charge in [0, 0.05) is 6.54 Å². The van der Waals surface area contributed by atoms with Crippen molar-refractivity contribution in [2.24, 2.45) is 11.1 Å². The van der Waals surface area contributed by atoms with Crippen LogP contribution in [0.25, 0.3) is 0 Å². The van der Waals surface area contributed by atoms with Gasteiger partial charge in [-0.25, -0.2) is 8.78 Å². The Labute approximate surface area is 118 Å². The Morgan fingerprint density at radius 1 is 1.30 bits per heavy atom. The highest BCUT2D eigenvalue weighted by Gasteiger charge is 2.18. The second-order valence-electron chi connectivity index (χ2n) is 5.76. The summed E-state index contributed by atoms with van der Waals surface area (Å²) >= 11 is 0. The second kappa shape index (κ2) is 7.33. The molecule has 5 heteroatoms. The Balaban J connectivity index is 2.45. The molecule has 0 saturated heterocycles. The molecule has 1 aromatic carbocycles. The standard InChI is InChI=1S/C15H22F2N2O/c1-15(2,6-3-7-18)10-19-14(20)9-11-4-5-12(16)13(17)8-11/h4-5,8H,3,6-7,9-10,18H2,1-2H3,(H,19,20). The number of benzene rings is 1. The first-order valence-corrected chi connectivity index (χ1v) is 6.75. The lowest BCUT2D eigenvalue weighted by Gasteiger charge is -2.24.